The fraction of sp³-hybridized carbons (Fsp3) is 0.273. The summed E-state index contributed by atoms with van der Waals surface area (Å²) in [6, 6.07) is 4.48. The Morgan fingerprint density at radius 1 is 1.55 bits per heavy atom. The summed E-state index contributed by atoms with van der Waals surface area (Å²) in [4.78, 5) is 14.5. The van der Waals surface area contributed by atoms with Gasteiger partial charge < -0.3 is 5.32 Å². The van der Waals surface area contributed by atoms with Gasteiger partial charge >= 0.3 is 0 Å². The topological polar surface area (TPSA) is 91.9 Å². The van der Waals surface area contributed by atoms with E-state index in [0.29, 0.717) is 5.96 Å². The summed E-state index contributed by atoms with van der Waals surface area (Å²) >= 11 is 5.93. The molecule has 1 aromatic rings. The second kappa shape index (κ2) is 7.66. The molecule has 9 heteroatoms. The molecule has 1 aromatic carbocycles. The standard InChI is InChI=1S/C11H12ClN5O2.ClH/c12-9-3-1-4-10(17(18)19)8(9)7-15-16-11-13-5-2-6-14-11;/h1,3-4,7H,2,5-6H2,(H2,13,14,16);1H. The Balaban J connectivity index is 0.00000200. The number of guanidine groups is 1. The molecule has 0 radical (unpaired) electrons. The summed E-state index contributed by atoms with van der Waals surface area (Å²) in [6.07, 6.45) is 2.30. The van der Waals surface area contributed by atoms with Crippen LogP contribution in [-0.4, -0.2) is 30.2 Å². The molecule has 20 heavy (non-hydrogen) atoms. The van der Waals surface area contributed by atoms with Crippen molar-refractivity contribution in [1.82, 2.24) is 10.7 Å². The Morgan fingerprint density at radius 2 is 2.35 bits per heavy atom. The third-order valence-electron chi connectivity index (χ3n) is 2.49. The smallest absolute Gasteiger partial charge is 0.279 e. The second-order valence-corrected chi connectivity index (χ2v) is 4.22. The van der Waals surface area contributed by atoms with Crippen molar-refractivity contribution in [3.8, 4) is 0 Å². The van der Waals surface area contributed by atoms with Crippen molar-refractivity contribution >= 4 is 41.9 Å². The molecule has 0 fully saturated rings. The predicted octanol–water partition coefficient (Wildman–Crippen LogP) is 1.94. The number of nitro groups is 1. The van der Waals surface area contributed by atoms with Crippen LogP contribution in [0.15, 0.2) is 28.3 Å². The van der Waals surface area contributed by atoms with E-state index < -0.39 is 4.92 Å². The van der Waals surface area contributed by atoms with Crippen molar-refractivity contribution in [2.75, 3.05) is 13.1 Å². The summed E-state index contributed by atoms with van der Waals surface area (Å²) in [7, 11) is 0. The van der Waals surface area contributed by atoms with E-state index >= 15 is 0 Å². The van der Waals surface area contributed by atoms with Crippen molar-refractivity contribution in [3.63, 3.8) is 0 Å². The van der Waals surface area contributed by atoms with E-state index in [1.54, 1.807) is 6.07 Å². The number of hydrogen-bond acceptors (Lipinski definition) is 6. The van der Waals surface area contributed by atoms with Gasteiger partial charge in [0, 0.05) is 19.2 Å². The van der Waals surface area contributed by atoms with Gasteiger partial charge in [-0.15, -0.1) is 12.4 Å². The molecule has 2 N–H and O–H groups in total. The molecule has 2 rings (SSSR count). The zero-order valence-corrected chi connectivity index (χ0v) is 11.9. The van der Waals surface area contributed by atoms with Gasteiger partial charge in [-0.3, -0.25) is 15.1 Å². The number of nitrogens with one attached hydrogen (secondary N) is 2. The predicted molar refractivity (Wildman–Crippen MR) is 81.0 cm³/mol. The molecule has 0 amide bonds. The number of rotatable bonds is 3. The molecule has 0 unspecified atom stereocenters. The lowest BCUT2D eigenvalue weighted by atomic mass is 10.2. The number of nitro benzene ring substituents is 1. The highest BCUT2D eigenvalue weighted by molar-refractivity contribution is 6.33. The first-order valence-electron chi connectivity index (χ1n) is 5.69. The molecule has 108 valence electrons. The Kier molecular flexibility index (Phi) is 6.20. The molecule has 1 heterocycles. The number of aliphatic imine (C=N–C) groups is 1. The van der Waals surface area contributed by atoms with E-state index in [4.69, 9.17) is 11.6 Å². The summed E-state index contributed by atoms with van der Waals surface area (Å²) < 4.78 is 0. The quantitative estimate of drug-likeness (QED) is 0.506. The highest BCUT2D eigenvalue weighted by atomic mass is 35.5. The van der Waals surface area contributed by atoms with Gasteiger partial charge in [0.15, 0.2) is 0 Å². The average Bonchev–Trinajstić information content (AvgIpc) is 2.41. The third kappa shape index (κ3) is 4.07. The molecule has 0 atom stereocenters. The van der Waals surface area contributed by atoms with E-state index in [-0.39, 0.29) is 28.7 Å². The van der Waals surface area contributed by atoms with Gasteiger partial charge in [0.1, 0.15) is 0 Å². The Morgan fingerprint density at radius 3 is 3.00 bits per heavy atom. The fourth-order valence-corrected chi connectivity index (χ4v) is 1.80. The highest BCUT2D eigenvalue weighted by Crippen LogP contribution is 2.24. The molecule has 1 aliphatic rings. The zero-order valence-electron chi connectivity index (χ0n) is 10.4. The average molecular weight is 318 g/mol. The van der Waals surface area contributed by atoms with Crippen LogP contribution in [0.5, 0.6) is 0 Å². The lowest BCUT2D eigenvalue weighted by Gasteiger charge is -2.12. The van der Waals surface area contributed by atoms with Gasteiger partial charge in [-0.2, -0.15) is 5.10 Å². The zero-order chi connectivity index (χ0) is 13.7. The first kappa shape index (κ1) is 16.2. The lowest BCUT2D eigenvalue weighted by molar-refractivity contribution is -0.385. The molecule has 0 aromatic heterocycles. The minimum Gasteiger partial charge on any atom is -0.355 e. The minimum atomic E-state index is -0.496. The molecule has 0 aliphatic carbocycles. The van der Waals surface area contributed by atoms with Crippen LogP contribution in [0.2, 0.25) is 5.02 Å². The number of hydrogen-bond donors (Lipinski definition) is 2. The summed E-state index contributed by atoms with van der Waals surface area (Å²) in [5, 5.41) is 18.1. The Labute approximate surface area is 126 Å². The SMILES string of the molecule is Cl.O=[N+]([O-])c1cccc(Cl)c1C=NNC1=NCCCN1. The molecular formula is C11H13Cl2N5O2. The maximum absolute atomic E-state index is 10.9. The maximum Gasteiger partial charge on any atom is 0.279 e. The van der Waals surface area contributed by atoms with Crippen molar-refractivity contribution in [2.24, 2.45) is 10.1 Å². The van der Waals surface area contributed by atoms with E-state index in [2.05, 4.69) is 20.8 Å². The molecule has 0 saturated carbocycles. The fourth-order valence-electron chi connectivity index (χ4n) is 1.58. The molecule has 1 aliphatic heterocycles. The number of halogens is 2. The van der Waals surface area contributed by atoms with Crippen LogP contribution in [0, 0.1) is 10.1 Å². The highest BCUT2D eigenvalue weighted by Gasteiger charge is 2.14. The number of nitrogens with zero attached hydrogens (tertiary/aromatic N) is 3. The van der Waals surface area contributed by atoms with Crippen molar-refractivity contribution in [2.45, 2.75) is 6.42 Å². The Bertz CT molecular complexity index is 548. The van der Waals surface area contributed by atoms with E-state index in [0.717, 1.165) is 19.5 Å². The van der Waals surface area contributed by atoms with Crippen molar-refractivity contribution in [1.29, 1.82) is 0 Å². The van der Waals surface area contributed by atoms with Gasteiger partial charge in [0.05, 0.1) is 21.7 Å². The molecular weight excluding hydrogens is 305 g/mol. The van der Waals surface area contributed by atoms with Crippen LogP contribution >= 0.6 is 24.0 Å². The van der Waals surface area contributed by atoms with E-state index in [1.165, 1.54) is 18.3 Å². The summed E-state index contributed by atoms with van der Waals surface area (Å²) in [5.74, 6) is 0.553. The van der Waals surface area contributed by atoms with Crippen LogP contribution in [0.4, 0.5) is 5.69 Å². The second-order valence-electron chi connectivity index (χ2n) is 3.81. The van der Waals surface area contributed by atoms with Crippen molar-refractivity contribution < 1.29 is 4.92 Å². The summed E-state index contributed by atoms with van der Waals surface area (Å²) in [5.41, 5.74) is 2.87. The molecule has 0 spiro atoms. The first-order chi connectivity index (χ1) is 9.18. The van der Waals surface area contributed by atoms with Gasteiger partial charge in [0.25, 0.3) is 5.69 Å². The van der Waals surface area contributed by atoms with Gasteiger partial charge in [0.2, 0.25) is 5.96 Å². The monoisotopic (exact) mass is 317 g/mol. The van der Waals surface area contributed by atoms with Gasteiger partial charge in [-0.25, -0.2) is 5.43 Å². The maximum atomic E-state index is 10.9. The van der Waals surface area contributed by atoms with E-state index in [9.17, 15) is 10.1 Å². The first-order valence-corrected chi connectivity index (χ1v) is 6.06. The minimum absolute atomic E-state index is 0. The number of hydrazone groups is 1. The van der Waals surface area contributed by atoms with Crippen LogP contribution in [0.3, 0.4) is 0 Å². The normalized spacial score (nSPS) is 14.2. The summed E-state index contributed by atoms with van der Waals surface area (Å²) in [6.45, 7) is 1.56. The molecule has 0 saturated heterocycles. The largest absolute Gasteiger partial charge is 0.355 e. The third-order valence-corrected chi connectivity index (χ3v) is 2.82. The van der Waals surface area contributed by atoms with Gasteiger partial charge in [-0.05, 0) is 12.5 Å². The van der Waals surface area contributed by atoms with Crippen LogP contribution < -0.4 is 10.7 Å². The lowest BCUT2D eigenvalue weighted by Crippen LogP contribution is -2.38. The Hall–Kier alpha value is -1.86. The van der Waals surface area contributed by atoms with Crippen molar-refractivity contribution in [3.05, 3.63) is 38.9 Å². The molecule has 0 bridgehead atoms. The van der Waals surface area contributed by atoms with E-state index in [1.807, 2.05) is 0 Å². The molecule has 7 nitrogen and oxygen atoms in total. The van der Waals surface area contributed by atoms with Gasteiger partial charge in [-0.1, -0.05) is 17.7 Å². The van der Waals surface area contributed by atoms with Crippen LogP contribution in [0.1, 0.15) is 12.0 Å². The number of benzene rings is 1. The van der Waals surface area contributed by atoms with Crippen LogP contribution in [0.25, 0.3) is 0 Å². The van der Waals surface area contributed by atoms with Crippen LogP contribution in [-0.2, 0) is 0 Å².